The van der Waals surface area contributed by atoms with E-state index < -0.39 is 6.09 Å². The molecule has 0 unspecified atom stereocenters. The normalized spacial score (nSPS) is 10.9. The Hall–Kier alpha value is -2.34. The molecule has 0 saturated carbocycles. The first-order chi connectivity index (χ1) is 11.5. The van der Waals surface area contributed by atoms with Crippen molar-refractivity contribution in [1.82, 2.24) is 0 Å². The standard InChI is InChI=1S/C17H20O2S.CH3NO2/c1-14(13-20)11-12-18-15-7-9-17(10-8-15)19-16-5-3-2-4-6-16;2-1(3)4/h2-10,14,20H,11-13H2,1H3;2H2,(H,3,4)/t14-;/m0./s1. The average molecular weight is 349 g/mol. The van der Waals surface area contributed by atoms with Gasteiger partial charge in [0, 0.05) is 0 Å². The van der Waals surface area contributed by atoms with Crippen LogP contribution < -0.4 is 15.2 Å². The van der Waals surface area contributed by atoms with Gasteiger partial charge < -0.3 is 20.3 Å². The lowest BCUT2D eigenvalue weighted by Crippen LogP contribution is -2.05. The Labute approximate surface area is 147 Å². The molecule has 6 heteroatoms. The Balaban J connectivity index is 0.000000648. The molecule has 2 aromatic rings. The summed E-state index contributed by atoms with van der Waals surface area (Å²) in [6.07, 6.45) is -0.314. The van der Waals surface area contributed by atoms with Crippen molar-refractivity contribution >= 4 is 18.7 Å². The van der Waals surface area contributed by atoms with Crippen molar-refractivity contribution in [3.05, 3.63) is 54.6 Å². The molecule has 0 aliphatic rings. The number of amides is 1. The second-order valence-corrected chi connectivity index (χ2v) is 5.51. The van der Waals surface area contributed by atoms with Crippen LogP contribution in [0.5, 0.6) is 17.2 Å². The molecule has 0 aliphatic carbocycles. The number of benzene rings is 2. The second kappa shape index (κ2) is 11.2. The molecule has 3 N–H and O–H groups in total. The van der Waals surface area contributed by atoms with E-state index in [1.807, 2.05) is 54.6 Å². The first kappa shape index (κ1) is 19.7. The molecule has 0 fully saturated rings. The molecule has 1 amide bonds. The Morgan fingerprint density at radius 3 is 2.12 bits per heavy atom. The third-order valence-corrected chi connectivity index (χ3v) is 3.62. The van der Waals surface area contributed by atoms with E-state index in [9.17, 15) is 0 Å². The maximum atomic E-state index is 8.78. The van der Waals surface area contributed by atoms with E-state index in [4.69, 9.17) is 19.4 Å². The molecule has 5 nitrogen and oxygen atoms in total. The molecular formula is C18H23NO4S. The fourth-order valence-electron chi connectivity index (χ4n) is 1.70. The highest BCUT2D eigenvalue weighted by Gasteiger charge is 2.01. The van der Waals surface area contributed by atoms with Gasteiger partial charge in [-0.3, -0.25) is 0 Å². The average Bonchev–Trinajstić information content (AvgIpc) is 2.57. The van der Waals surface area contributed by atoms with Crippen LogP contribution in [-0.2, 0) is 0 Å². The van der Waals surface area contributed by atoms with Crippen LogP contribution in [0.4, 0.5) is 4.79 Å². The number of para-hydroxylation sites is 1. The third kappa shape index (κ3) is 8.95. The van der Waals surface area contributed by atoms with Crippen LogP contribution in [-0.4, -0.2) is 23.6 Å². The third-order valence-electron chi connectivity index (χ3n) is 2.99. The Morgan fingerprint density at radius 2 is 1.58 bits per heavy atom. The van der Waals surface area contributed by atoms with Gasteiger partial charge in [0.2, 0.25) is 0 Å². The molecule has 1 atom stereocenters. The number of rotatable bonds is 7. The minimum atomic E-state index is -1.33. The van der Waals surface area contributed by atoms with Crippen molar-refractivity contribution in [3.8, 4) is 17.2 Å². The van der Waals surface area contributed by atoms with Crippen molar-refractivity contribution in [3.63, 3.8) is 0 Å². The molecular weight excluding hydrogens is 326 g/mol. The van der Waals surface area contributed by atoms with E-state index in [0.29, 0.717) is 5.92 Å². The van der Waals surface area contributed by atoms with Gasteiger partial charge in [0.1, 0.15) is 17.2 Å². The van der Waals surface area contributed by atoms with Crippen molar-refractivity contribution in [2.24, 2.45) is 11.7 Å². The van der Waals surface area contributed by atoms with Gasteiger partial charge in [-0.1, -0.05) is 25.1 Å². The van der Waals surface area contributed by atoms with Gasteiger partial charge >= 0.3 is 6.09 Å². The number of ether oxygens (including phenoxy) is 2. The summed E-state index contributed by atoms with van der Waals surface area (Å²) in [4.78, 5) is 8.78. The van der Waals surface area contributed by atoms with Crippen LogP contribution in [0.1, 0.15) is 13.3 Å². The van der Waals surface area contributed by atoms with Crippen molar-refractivity contribution in [2.45, 2.75) is 13.3 Å². The molecule has 2 rings (SSSR count). The molecule has 2 aromatic carbocycles. The number of nitrogens with two attached hydrogens (primary N) is 1. The molecule has 0 saturated heterocycles. The summed E-state index contributed by atoms with van der Waals surface area (Å²) < 4.78 is 11.4. The van der Waals surface area contributed by atoms with Gasteiger partial charge in [-0.15, -0.1) is 0 Å². The highest BCUT2D eigenvalue weighted by molar-refractivity contribution is 7.80. The molecule has 0 bridgehead atoms. The molecule has 0 radical (unpaired) electrons. The van der Waals surface area contributed by atoms with E-state index in [0.717, 1.165) is 36.0 Å². The lowest BCUT2D eigenvalue weighted by atomic mass is 10.1. The molecule has 0 aromatic heterocycles. The quantitative estimate of drug-likeness (QED) is 0.646. The summed E-state index contributed by atoms with van der Waals surface area (Å²) in [5.74, 6) is 4.00. The first-order valence-corrected chi connectivity index (χ1v) is 8.19. The summed E-state index contributed by atoms with van der Waals surface area (Å²) in [7, 11) is 0. The fourth-order valence-corrected chi connectivity index (χ4v) is 1.88. The van der Waals surface area contributed by atoms with Crippen LogP contribution in [0.15, 0.2) is 54.6 Å². The van der Waals surface area contributed by atoms with Gasteiger partial charge in [0.05, 0.1) is 6.61 Å². The van der Waals surface area contributed by atoms with E-state index in [1.54, 1.807) is 0 Å². The monoisotopic (exact) mass is 349 g/mol. The predicted molar refractivity (Wildman–Crippen MR) is 98.3 cm³/mol. The lowest BCUT2D eigenvalue weighted by molar-refractivity contribution is 0.205. The van der Waals surface area contributed by atoms with Crippen LogP contribution in [0.3, 0.4) is 0 Å². The largest absolute Gasteiger partial charge is 0.494 e. The van der Waals surface area contributed by atoms with Gasteiger partial charge in [-0.25, -0.2) is 4.79 Å². The summed E-state index contributed by atoms with van der Waals surface area (Å²) in [5.41, 5.74) is 4.03. The van der Waals surface area contributed by atoms with Gasteiger partial charge in [-0.2, -0.15) is 12.6 Å². The first-order valence-electron chi connectivity index (χ1n) is 7.56. The van der Waals surface area contributed by atoms with Gasteiger partial charge in [0.15, 0.2) is 0 Å². The molecule has 0 spiro atoms. The zero-order valence-corrected chi connectivity index (χ0v) is 14.5. The van der Waals surface area contributed by atoms with E-state index in [1.165, 1.54) is 0 Å². The zero-order chi connectivity index (χ0) is 17.8. The summed E-state index contributed by atoms with van der Waals surface area (Å²) in [5, 5.41) is 7.19. The Morgan fingerprint density at radius 1 is 1.08 bits per heavy atom. The number of hydrogen-bond acceptors (Lipinski definition) is 4. The zero-order valence-electron chi connectivity index (χ0n) is 13.6. The second-order valence-electron chi connectivity index (χ2n) is 5.15. The number of primary amides is 1. The van der Waals surface area contributed by atoms with Gasteiger partial charge in [0.25, 0.3) is 0 Å². The van der Waals surface area contributed by atoms with Gasteiger partial charge in [-0.05, 0) is 54.5 Å². The van der Waals surface area contributed by atoms with E-state index >= 15 is 0 Å². The smallest absolute Gasteiger partial charge is 0.402 e. The number of thiol groups is 1. The maximum Gasteiger partial charge on any atom is 0.402 e. The predicted octanol–water partition coefficient (Wildman–Crippen LogP) is 4.44. The summed E-state index contributed by atoms with van der Waals surface area (Å²) in [6.45, 7) is 2.90. The number of carboxylic acid groups (broad SMARTS) is 1. The molecule has 24 heavy (non-hydrogen) atoms. The van der Waals surface area contributed by atoms with Crippen molar-refractivity contribution in [2.75, 3.05) is 12.4 Å². The molecule has 0 heterocycles. The molecule has 0 aliphatic heterocycles. The Kier molecular flexibility index (Phi) is 9.23. The number of hydrogen-bond donors (Lipinski definition) is 3. The minimum Gasteiger partial charge on any atom is -0.494 e. The van der Waals surface area contributed by atoms with Crippen LogP contribution >= 0.6 is 12.6 Å². The minimum absolute atomic E-state index is 0.582. The Bertz CT molecular complexity index is 586. The fraction of sp³-hybridized carbons (Fsp3) is 0.278. The molecule has 130 valence electrons. The van der Waals surface area contributed by atoms with E-state index in [-0.39, 0.29) is 0 Å². The topological polar surface area (TPSA) is 81.8 Å². The summed E-state index contributed by atoms with van der Waals surface area (Å²) >= 11 is 4.26. The lowest BCUT2D eigenvalue weighted by Gasteiger charge is -2.10. The van der Waals surface area contributed by atoms with Crippen LogP contribution in [0.2, 0.25) is 0 Å². The van der Waals surface area contributed by atoms with Crippen LogP contribution in [0, 0.1) is 5.92 Å². The highest BCUT2D eigenvalue weighted by Crippen LogP contribution is 2.23. The van der Waals surface area contributed by atoms with Crippen molar-refractivity contribution in [1.29, 1.82) is 0 Å². The van der Waals surface area contributed by atoms with Crippen molar-refractivity contribution < 1.29 is 19.4 Å². The van der Waals surface area contributed by atoms with E-state index in [2.05, 4.69) is 25.3 Å². The highest BCUT2D eigenvalue weighted by atomic mass is 32.1. The summed E-state index contributed by atoms with van der Waals surface area (Å²) in [6, 6.07) is 17.5. The van der Waals surface area contributed by atoms with Crippen LogP contribution in [0.25, 0.3) is 0 Å². The maximum absolute atomic E-state index is 8.78. The number of carbonyl (C=O) groups is 1. The SMILES string of the molecule is C[C@H](CS)CCOc1ccc(Oc2ccccc2)cc1.NC(=O)O.